The van der Waals surface area contributed by atoms with E-state index >= 15 is 0 Å². The summed E-state index contributed by atoms with van der Waals surface area (Å²) in [6.07, 6.45) is 3.39. The van der Waals surface area contributed by atoms with E-state index in [4.69, 9.17) is 0 Å². The first kappa shape index (κ1) is 17.2. The summed E-state index contributed by atoms with van der Waals surface area (Å²) in [5.74, 6) is 0.501. The van der Waals surface area contributed by atoms with Gasteiger partial charge in [-0.05, 0) is 24.3 Å². The highest BCUT2D eigenvalue weighted by molar-refractivity contribution is 7.99. The number of nitrogens with one attached hydrogen (secondary N) is 1. The molecule has 3 aromatic rings. The second-order valence-corrected chi connectivity index (χ2v) is 6.88. The van der Waals surface area contributed by atoms with E-state index in [1.54, 1.807) is 18.5 Å². The predicted molar refractivity (Wildman–Crippen MR) is 102 cm³/mol. The van der Waals surface area contributed by atoms with Gasteiger partial charge in [0.15, 0.2) is 11.0 Å². The van der Waals surface area contributed by atoms with Crippen LogP contribution < -0.4 is 10.2 Å². The first-order chi connectivity index (χ1) is 13.1. The second-order valence-electron chi connectivity index (χ2n) is 5.93. The first-order valence-electron chi connectivity index (χ1n) is 8.25. The molecule has 2 amide bonds. The Morgan fingerprint density at radius 1 is 1.19 bits per heavy atom. The molecule has 0 atom stereocenters. The number of hydrogen-bond acceptors (Lipinski definition) is 6. The van der Waals surface area contributed by atoms with Gasteiger partial charge in [0, 0.05) is 25.0 Å². The van der Waals surface area contributed by atoms with Gasteiger partial charge in [-0.3, -0.25) is 14.6 Å². The SMILES string of the molecule is Cn1c(SCC(=O)N2CC(=O)Nc3ccccc32)nnc1-c1ccncc1. The number of anilines is 2. The van der Waals surface area contributed by atoms with Crippen LogP contribution in [0, 0.1) is 0 Å². The van der Waals surface area contributed by atoms with Crippen molar-refractivity contribution in [1.82, 2.24) is 19.7 Å². The van der Waals surface area contributed by atoms with Crippen LogP contribution in [0.4, 0.5) is 11.4 Å². The van der Waals surface area contributed by atoms with Crippen LogP contribution >= 0.6 is 11.8 Å². The van der Waals surface area contributed by atoms with Crippen LogP contribution in [-0.4, -0.2) is 43.9 Å². The molecular weight excluding hydrogens is 364 g/mol. The summed E-state index contributed by atoms with van der Waals surface area (Å²) < 4.78 is 1.84. The number of benzene rings is 1. The number of pyridine rings is 1. The molecule has 0 aliphatic carbocycles. The fourth-order valence-electron chi connectivity index (χ4n) is 2.85. The third-order valence-corrected chi connectivity index (χ3v) is 5.17. The van der Waals surface area contributed by atoms with Crippen molar-refractivity contribution in [2.75, 3.05) is 22.5 Å². The lowest BCUT2D eigenvalue weighted by molar-refractivity contribution is -0.120. The van der Waals surface area contributed by atoms with Gasteiger partial charge in [0.25, 0.3) is 0 Å². The van der Waals surface area contributed by atoms with Crippen LogP contribution in [0.25, 0.3) is 11.4 Å². The lowest BCUT2D eigenvalue weighted by Gasteiger charge is -2.28. The maximum absolute atomic E-state index is 12.7. The maximum atomic E-state index is 12.7. The van der Waals surface area contributed by atoms with E-state index in [0.29, 0.717) is 22.4 Å². The van der Waals surface area contributed by atoms with Crippen LogP contribution in [0.5, 0.6) is 0 Å². The van der Waals surface area contributed by atoms with Crippen molar-refractivity contribution in [3.63, 3.8) is 0 Å². The summed E-state index contributed by atoms with van der Waals surface area (Å²) in [5, 5.41) is 11.8. The van der Waals surface area contributed by atoms with Gasteiger partial charge in [0.1, 0.15) is 6.54 Å². The van der Waals surface area contributed by atoms with Gasteiger partial charge in [-0.1, -0.05) is 23.9 Å². The van der Waals surface area contributed by atoms with E-state index in [0.717, 1.165) is 5.56 Å². The van der Waals surface area contributed by atoms with Crippen LogP contribution in [0.2, 0.25) is 0 Å². The number of fused-ring (bicyclic) bond motifs is 1. The average molecular weight is 380 g/mol. The monoisotopic (exact) mass is 380 g/mol. The molecule has 0 spiro atoms. The molecule has 8 nitrogen and oxygen atoms in total. The highest BCUT2D eigenvalue weighted by atomic mass is 32.2. The molecule has 0 fully saturated rings. The molecule has 1 aliphatic heterocycles. The Balaban J connectivity index is 1.49. The molecule has 0 bridgehead atoms. The molecule has 9 heteroatoms. The normalized spacial score (nSPS) is 13.2. The van der Waals surface area contributed by atoms with Crippen LogP contribution in [0.1, 0.15) is 0 Å². The molecule has 3 heterocycles. The van der Waals surface area contributed by atoms with Crippen molar-refractivity contribution in [2.24, 2.45) is 7.05 Å². The standard InChI is InChI=1S/C18H16N6O2S/c1-23-17(12-6-8-19-9-7-12)21-22-18(23)27-11-16(26)24-10-15(25)20-13-4-2-3-5-14(13)24/h2-9H,10-11H2,1H3,(H,20,25). The molecule has 27 heavy (non-hydrogen) atoms. The smallest absolute Gasteiger partial charge is 0.244 e. The molecule has 136 valence electrons. The topological polar surface area (TPSA) is 93.0 Å². The third-order valence-electron chi connectivity index (χ3n) is 4.17. The zero-order valence-electron chi connectivity index (χ0n) is 14.5. The number of nitrogens with zero attached hydrogens (tertiary/aromatic N) is 5. The van der Waals surface area contributed by atoms with Gasteiger partial charge in [-0.15, -0.1) is 10.2 Å². The van der Waals surface area contributed by atoms with Gasteiger partial charge in [0.2, 0.25) is 11.8 Å². The molecular formula is C18H16N6O2S. The van der Waals surface area contributed by atoms with E-state index in [9.17, 15) is 9.59 Å². The van der Waals surface area contributed by atoms with E-state index < -0.39 is 0 Å². The Kier molecular flexibility index (Phi) is 4.59. The number of rotatable bonds is 4. The second kappa shape index (κ2) is 7.20. The minimum absolute atomic E-state index is 0.0114. The van der Waals surface area contributed by atoms with E-state index in [-0.39, 0.29) is 24.1 Å². The molecule has 1 aliphatic rings. The highest BCUT2D eigenvalue weighted by Crippen LogP contribution is 2.30. The van der Waals surface area contributed by atoms with E-state index in [2.05, 4.69) is 20.5 Å². The quantitative estimate of drug-likeness (QED) is 0.696. The summed E-state index contributed by atoms with van der Waals surface area (Å²) in [4.78, 5) is 30.1. The van der Waals surface area contributed by atoms with Crippen LogP contribution in [0.15, 0.2) is 53.9 Å². The number of hydrogen-bond donors (Lipinski definition) is 1. The summed E-state index contributed by atoms with van der Waals surface area (Å²) in [6.45, 7) is 0.0114. The fourth-order valence-corrected chi connectivity index (χ4v) is 3.64. The Labute approximate surface area is 159 Å². The van der Waals surface area contributed by atoms with Gasteiger partial charge < -0.3 is 14.8 Å². The molecule has 4 rings (SSSR count). The van der Waals surface area contributed by atoms with Gasteiger partial charge in [-0.2, -0.15) is 0 Å². The molecule has 0 saturated carbocycles. The van der Waals surface area contributed by atoms with E-state index in [1.807, 2.05) is 41.9 Å². The molecule has 0 unspecified atom stereocenters. The lowest BCUT2D eigenvalue weighted by atomic mass is 10.2. The van der Waals surface area contributed by atoms with Gasteiger partial charge in [-0.25, -0.2) is 0 Å². The average Bonchev–Trinajstić information content (AvgIpc) is 3.06. The van der Waals surface area contributed by atoms with Crippen molar-refractivity contribution in [3.8, 4) is 11.4 Å². The zero-order valence-corrected chi connectivity index (χ0v) is 15.3. The van der Waals surface area contributed by atoms with Crippen LogP contribution in [-0.2, 0) is 16.6 Å². The van der Waals surface area contributed by atoms with Gasteiger partial charge >= 0.3 is 0 Å². The molecule has 1 N–H and O–H groups in total. The fraction of sp³-hybridized carbons (Fsp3) is 0.167. The molecule has 0 radical (unpaired) electrons. The Morgan fingerprint density at radius 2 is 1.96 bits per heavy atom. The minimum Gasteiger partial charge on any atom is -0.323 e. The third kappa shape index (κ3) is 3.41. The number of para-hydroxylation sites is 2. The first-order valence-corrected chi connectivity index (χ1v) is 9.24. The number of aromatic nitrogens is 4. The maximum Gasteiger partial charge on any atom is 0.244 e. The van der Waals surface area contributed by atoms with Crippen molar-refractivity contribution in [3.05, 3.63) is 48.8 Å². The summed E-state index contributed by atoms with van der Waals surface area (Å²) >= 11 is 1.29. The largest absolute Gasteiger partial charge is 0.323 e. The molecule has 1 aromatic carbocycles. The number of carbonyl (C=O) groups is 2. The minimum atomic E-state index is -0.203. The predicted octanol–water partition coefficient (Wildman–Crippen LogP) is 1.95. The summed E-state index contributed by atoms with van der Waals surface area (Å²) in [6, 6.07) is 11.0. The number of thioether (sulfide) groups is 1. The number of amides is 2. The van der Waals surface area contributed by atoms with Crippen molar-refractivity contribution >= 4 is 35.0 Å². The number of carbonyl (C=O) groups excluding carboxylic acids is 2. The molecule has 0 saturated heterocycles. The summed E-state index contributed by atoms with van der Waals surface area (Å²) in [7, 11) is 1.85. The highest BCUT2D eigenvalue weighted by Gasteiger charge is 2.27. The zero-order chi connectivity index (χ0) is 18.8. The summed E-state index contributed by atoms with van der Waals surface area (Å²) in [5.41, 5.74) is 2.25. The van der Waals surface area contributed by atoms with Crippen LogP contribution in [0.3, 0.4) is 0 Å². The lowest BCUT2D eigenvalue weighted by Crippen LogP contribution is -2.43. The van der Waals surface area contributed by atoms with E-state index in [1.165, 1.54) is 16.7 Å². The van der Waals surface area contributed by atoms with Gasteiger partial charge in [0.05, 0.1) is 17.1 Å². The Morgan fingerprint density at radius 3 is 2.78 bits per heavy atom. The Bertz CT molecular complexity index is 1000. The van der Waals surface area contributed by atoms with Crippen molar-refractivity contribution in [1.29, 1.82) is 0 Å². The van der Waals surface area contributed by atoms with Crippen molar-refractivity contribution < 1.29 is 9.59 Å². The van der Waals surface area contributed by atoms with Crippen molar-refractivity contribution in [2.45, 2.75) is 5.16 Å². The molecule has 2 aromatic heterocycles. The Hall–Kier alpha value is -3.20.